The van der Waals surface area contributed by atoms with Crippen molar-refractivity contribution in [2.24, 2.45) is 0 Å². The third-order valence-corrected chi connectivity index (χ3v) is 7.72. The van der Waals surface area contributed by atoms with E-state index in [1.165, 1.54) is 29.7 Å². The molecule has 0 aliphatic carbocycles. The van der Waals surface area contributed by atoms with Gasteiger partial charge in [-0.15, -0.1) is 11.3 Å². The van der Waals surface area contributed by atoms with E-state index in [1.807, 2.05) is 25.1 Å². The molecule has 10 heteroatoms. The van der Waals surface area contributed by atoms with E-state index < -0.39 is 10.0 Å². The van der Waals surface area contributed by atoms with Gasteiger partial charge < -0.3 is 10.2 Å². The summed E-state index contributed by atoms with van der Waals surface area (Å²) in [5.74, 6) is -0.0405. The second-order valence-corrected chi connectivity index (χ2v) is 10.2. The quantitative estimate of drug-likeness (QED) is 0.534. The summed E-state index contributed by atoms with van der Waals surface area (Å²) in [4.78, 5) is 18.6. The summed E-state index contributed by atoms with van der Waals surface area (Å²) in [6, 6.07) is 11.7. The van der Waals surface area contributed by atoms with Crippen LogP contribution < -0.4 is 14.9 Å². The van der Waals surface area contributed by atoms with Crippen LogP contribution in [0.4, 0.5) is 10.8 Å². The van der Waals surface area contributed by atoms with Gasteiger partial charge >= 0.3 is 0 Å². The topological polar surface area (TPSA) is 91.4 Å². The zero-order valence-electron chi connectivity index (χ0n) is 16.7. The molecule has 164 valence electrons. The third kappa shape index (κ3) is 4.74. The van der Waals surface area contributed by atoms with Crippen LogP contribution in [-0.2, 0) is 21.4 Å². The maximum atomic E-state index is 12.9. The van der Waals surface area contributed by atoms with Gasteiger partial charge in [-0.3, -0.25) is 9.52 Å². The van der Waals surface area contributed by atoms with Crippen molar-refractivity contribution in [3.63, 3.8) is 0 Å². The SMILES string of the molecule is Cc1cccc(Cl)c1CNC1CCN(c2ccc(S(=O)(=O)Nc3nccs3)cc2)C1=O.[HH]. The molecule has 1 saturated heterocycles. The molecule has 0 spiro atoms. The molecule has 0 saturated carbocycles. The molecule has 0 radical (unpaired) electrons. The number of thiazole rings is 1. The zero-order valence-corrected chi connectivity index (χ0v) is 19.1. The summed E-state index contributed by atoms with van der Waals surface area (Å²) >= 11 is 7.48. The lowest BCUT2D eigenvalue weighted by Crippen LogP contribution is -2.38. The first-order valence-electron chi connectivity index (χ1n) is 9.66. The van der Waals surface area contributed by atoms with Gasteiger partial charge in [-0.05, 0) is 54.8 Å². The molecular formula is C21H23ClN4O3S2. The van der Waals surface area contributed by atoms with Crippen molar-refractivity contribution in [1.29, 1.82) is 0 Å². The van der Waals surface area contributed by atoms with Crippen LogP contribution in [0.2, 0.25) is 5.02 Å². The molecule has 0 bridgehead atoms. The van der Waals surface area contributed by atoms with Gasteiger partial charge in [0.1, 0.15) is 0 Å². The fraction of sp³-hybridized carbons (Fsp3) is 0.238. The van der Waals surface area contributed by atoms with E-state index in [1.54, 1.807) is 22.4 Å². The first-order valence-corrected chi connectivity index (χ1v) is 12.4. The smallest absolute Gasteiger partial charge is 0.263 e. The van der Waals surface area contributed by atoms with Crippen molar-refractivity contribution in [3.05, 3.63) is 70.2 Å². The van der Waals surface area contributed by atoms with Crippen LogP contribution in [0.3, 0.4) is 0 Å². The molecule has 1 unspecified atom stereocenters. The van der Waals surface area contributed by atoms with E-state index in [9.17, 15) is 13.2 Å². The Morgan fingerprint density at radius 2 is 2.03 bits per heavy atom. The zero-order chi connectivity index (χ0) is 22.0. The molecule has 31 heavy (non-hydrogen) atoms. The van der Waals surface area contributed by atoms with Gasteiger partial charge in [0.2, 0.25) is 5.91 Å². The minimum Gasteiger partial charge on any atom is -0.311 e. The number of benzene rings is 2. The second-order valence-electron chi connectivity index (χ2n) is 7.18. The summed E-state index contributed by atoms with van der Waals surface area (Å²) in [7, 11) is -3.73. The predicted molar refractivity (Wildman–Crippen MR) is 125 cm³/mol. The minimum absolute atomic E-state index is 0. The van der Waals surface area contributed by atoms with Crippen LogP contribution in [0.15, 0.2) is 58.9 Å². The number of sulfonamides is 1. The summed E-state index contributed by atoms with van der Waals surface area (Å²) in [6.45, 7) is 3.06. The van der Waals surface area contributed by atoms with Crippen molar-refractivity contribution >= 4 is 49.7 Å². The van der Waals surface area contributed by atoms with Gasteiger partial charge in [-0.25, -0.2) is 13.4 Å². The Morgan fingerprint density at radius 1 is 1.26 bits per heavy atom. The van der Waals surface area contributed by atoms with Crippen molar-refractivity contribution in [3.8, 4) is 0 Å². The monoisotopic (exact) mass is 478 g/mol. The van der Waals surface area contributed by atoms with Crippen LogP contribution >= 0.6 is 22.9 Å². The van der Waals surface area contributed by atoms with Gasteiger partial charge in [-0.1, -0.05) is 23.7 Å². The molecule has 2 aromatic carbocycles. The number of amides is 1. The average Bonchev–Trinajstić information content (AvgIpc) is 3.37. The normalized spacial score (nSPS) is 16.6. The van der Waals surface area contributed by atoms with Crippen LogP contribution in [-0.4, -0.2) is 31.9 Å². The Hall–Kier alpha value is -2.46. The Balaban J connectivity index is 0.00000289. The molecule has 3 aromatic rings. The average molecular weight is 479 g/mol. The number of aryl methyl sites for hydroxylation is 1. The predicted octanol–water partition coefficient (Wildman–Crippen LogP) is 4.05. The summed E-state index contributed by atoms with van der Waals surface area (Å²) < 4.78 is 27.4. The number of halogens is 1. The number of carbonyl (C=O) groups is 1. The molecule has 1 aliphatic heterocycles. The Kier molecular flexibility index (Phi) is 6.29. The molecule has 4 rings (SSSR count). The molecule has 1 fully saturated rings. The minimum atomic E-state index is -3.73. The molecule has 1 aliphatic rings. The number of anilines is 2. The maximum absolute atomic E-state index is 12.9. The first-order chi connectivity index (χ1) is 14.8. The number of nitrogens with zero attached hydrogens (tertiary/aromatic N) is 2. The highest BCUT2D eigenvalue weighted by atomic mass is 35.5. The largest absolute Gasteiger partial charge is 0.311 e. The molecule has 2 N–H and O–H groups in total. The highest BCUT2D eigenvalue weighted by Gasteiger charge is 2.32. The Bertz CT molecular complexity index is 1170. The van der Waals surface area contributed by atoms with Gasteiger partial charge in [0.05, 0.1) is 10.9 Å². The van der Waals surface area contributed by atoms with Crippen molar-refractivity contribution < 1.29 is 14.6 Å². The number of rotatable bonds is 7. The van der Waals surface area contributed by atoms with Gasteiger partial charge in [0, 0.05) is 36.8 Å². The Labute approximate surface area is 191 Å². The van der Waals surface area contributed by atoms with E-state index in [4.69, 9.17) is 11.6 Å². The number of hydrogen-bond acceptors (Lipinski definition) is 6. The molecule has 1 aromatic heterocycles. The van der Waals surface area contributed by atoms with Crippen LogP contribution in [0.5, 0.6) is 0 Å². The number of nitrogens with one attached hydrogen (secondary N) is 2. The summed E-state index contributed by atoms with van der Waals surface area (Å²) in [5.41, 5.74) is 2.72. The van der Waals surface area contributed by atoms with Gasteiger partial charge in [0.15, 0.2) is 5.13 Å². The number of carbonyl (C=O) groups excluding carboxylic acids is 1. The molecule has 1 atom stereocenters. The highest BCUT2D eigenvalue weighted by Crippen LogP contribution is 2.26. The van der Waals surface area contributed by atoms with Crippen LogP contribution in [0, 0.1) is 6.92 Å². The summed E-state index contributed by atoms with van der Waals surface area (Å²) in [6.07, 6.45) is 2.19. The van der Waals surface area contributed by atoms with E-state index in [0.29, 0.717) is 35.4 Å². The lowest BCUT2D eigenvalue weighted by molar-refractivity contribution is -0.118. The molecule has 7 nitrogen and oxygen atoms in total. The standard InChI is InChI=1S/C21H21ClN4O3S2.H2/c1-14-3-2-4-18(22)17(14)13-24-19-9-11-26(20(19)27)15-5-7-16(8-6-15)31(28,29)25-21-23-10-12-30-21;/h2-8,10,12,19,24H,9,11,13H2,1H3,(H,23,25);1H. The highest BCUT2D eigenvalue weighted by molar-refractivity contribution is 7.93. The van der Waals surface area contributed by atoms with E-state index in [-0.39, 0.29) is 18.3 Å². The maximum Gasteiger partial charge on any atom is 0.263 e. The third-order valence-electron chi connectivity index (χ3n) is 5.20. The van der Waals surface area contributed by atoms with E-state index in [2.05, 4.69) is 15.0 Å². The fourth-order valence-electron chi connectivity index (χ4n) is 3.49. The number of aromatic nitrogens is 1. The second kappa shape index (κ2) is 8.96. The van der Waals surface area contributed by atoms with Crippen LogP contribution in [0.1, 0.15) is 19.0 Å². The molecular weight excluding hydrogens is 456 g/mol. The van der Waals surface area contributed by atoms with Crippen LogP contribution in [0.25, 0.3) is 0 Å². The number of hydrogen-bond donors (Lipinski definition) is 2. The van der Waals surface area contributed by atoms with E-state index in [0.717, 1.165) is 11.1 Å². The fourth-order valence-corrected chi connectivity index (χ4v) is 5.57. The summed E-state index contributed by atoms with van der Waals surface area (Å²) in [5, 5.41) is 5.98. The lowest BCUT2D eigenvalue weighted by atomic mass is 10.1. The van der Waals surface area contributed by atoms with E-state index >= 15 is 0 Å². The molecule has 1 amide bonds. The lowest BCUT2D eigenvalue weighted by Gasteiger charge is -2.18. The first kappa shape index (κ1) is 21.8. The molecule has 2 heterocycles. The van der Waals surface area contributed by atoms with Gasteiger partial charge in [0.25, 0.3) is 10.0 Å². The van der Waals surface area contributed by atoms with Gasteiger partial charge in [-0.2, -0.15) is 0 Å². The van der Waals surface area contributed by atoms with Crippen molar-refractivity contribution in [1.82, 2.24) is 10.3 Å². The van der Waals surface area contributed by atoms with Crippen molar-refractivity contribution in [2.75, 3.05) is 16.2 Å². The van der Waals surface area contributed by atoms with Crippen molar-refractivity contribution in [2.45, 2.75) is 30.8 Å². The Morgan fingerprint density at radius 3 is 2.71 bits per heavy atom.